The van der Waals surface area contributed by atoms with Crippen LogP contribution in [0, 0.1) is 3.57 Å². The molecule has 56 valence electrons. The van der Waals surface area contributed by atoms with E-state index in [1.54, 1.807) is 0 Å². The zero-order valence-corrected chi connectivity index (χ0v) is 9.81. The molecule has 0 unspecified atom stereocenters. The van der Waals surface area contributed by atoms with Crippen molar-refractivity contribution in [1.29, 1.82) is 0 Å². The molecule has 1 aromatic rings. The van der Waals surface area contributed by atoms with Gasteiger partial charge in [-0.2, -0.15) is 0 Å². The molecule has 10 heavy (non-hydrogen) atoms. The van der Waals surface area contributed by atoms with Crippen molar-refractivity contribution in [1.82, 2.24) is 0 Å². The molecule has 2 heteroatoms. The smallest absolute Gasteiger partial charge is 0.0308 e. The largest absolute Gasteiger partial charge is 0.0683 e. The highest BCUT2D eigenvalue weighted by Gasteiger charge is 1.88. The lowest BCUT2D eigenvalue weighted by molar-refractivity contribution is 1.50. The van der Waals surface area contributed by atoms with Gasteiger partial charge in [-0.3, -0.25) is 0 Å². The molecular formula is C8H10BrI. The predicted octanol–water partition coefficient (Wildman–Crippen LogP) is 4.08. The Hall–Kier alpha value is 0.430. The van der Waals surface area contributed by atoms with Crippen LogP contribution in [0.3, 0.4) is 0 Å². The van der Waals surface area contributed by atoms with Crippen LogP contribution in [0.1, 0.15) is 13.8 Å². The molecule has 0 aromatic heterocycles. The molecule has 1 aromatic carbocycles. The van der Waals surface area contributed by atoms with Crippen molar-refractivity contribution in [2.75, 3.05) is 0 Å². The summed E-state index contributed by atoms with van der Waals surface area (Å²) in [5, 5.41) is 0. The maximum Gasteiger partial charge on any atom is 0.0308 e. The third-order valence-corrected chi connectivity index (χ3v) is 3.20. The fraction of sp³-hybridized carbons (Fsp3) is 0.250. The molecule has 0 amide bonds. The van der Waals surface area contributed by atoms with Gasteiger partial charge in [0.2, 0.25) is 0 Å². The second kappa shape index (κ2) is 6.16. The van der Waals surface area contributed by atoms with Gasteiger partial charge in [-0.1, -0.05) is 26.0 Å². The van der Waals surface area contributed by atoms with E-state index < -0.39 is 0 Å². The molecule has 0 saturated carbocycles. The topological polar surface area (TPSA) is 0 Å². The molecule has 0 nitrogen and oxygen atoms in total. The van der Waals surface area contributed by atoms with Gasteiger partial charge in [0.1, 0.15) is 0 Å². The number of halogens is 2. The van der Waals surface area contributed by atoms with Crippen molar-refractivity contribution in [3.05, 3.63) is 32.3 Å². The zero-order chi connectivity index (χ0) is 7.98. The zero-order valence-electron chi connectivity index (χ0n) is 6.07. The summed E-state index contributed by atoms with van der Waals surface area (Å²) in [6.07, 6.45) is 0. The van der Waals surface area contributed by atoms with Gasteiger partial charge >= 0.3 is 0 Å². The third-order valence-electron chi connectivity index (χ3n) is 0.824. The highest BCUT2D eigenvalue weighted by atomic mass is 127. The summed E-state index contributed by atoms with van der Waals surface area (Å²) in [5.41, 5.74) is 0. The van der Waals surface area contributed by atoms with E-state index >= 15 is 0 Å². The normalized spacial score (nSPS) is 8.00. The molecule has 0 aliphatic carbocycles. The lowest BCUT2D eigenvalue weighted by Gasteiger charge is -1.89. The molecular weight excluding hydrogens is 303 g/mol. The summed E-state index contributed by atoms with van der Waals surface area (Å²) in [6, 6.07) is 8.12. The minimum Gasteiger partial charge on any atom is -0.0683 e. The van der Waals surface area contributed by atoms with Gasteiger partial charge in [-0.25, -0.2) is 0 Å². The molecule has 0 bridgehead atoms. The lowest BCUT2D eigenvalue weighted by Crippen LogP contribution is -1.68. The summed E-state index contributed by atoms with van der Waals surface area (Å²) in [5.74, 6) is 0. The molecule has 0 aliphatic rings. The second-order valence-electron chi connectivity index (χ2n) is 1.41. The summed E-state index contributed by atoms with van der Waals surface area (Å²) in [4.78, 5) is 0. The van der Waals surface area contributed by atoms with Crippen LogP contribution in [0.2, 0.25) is 0 Å². The summed E-state index contributed by atoms with van der Waals surface area (Å²) < 4.78 is 2.42. The molecule has 0 aliphatic heterocycles. The van der Waals surface area contributed by atoms with Crippen LogP contribution in [0.15, 0.2) is 28.7 Å². The van der Waals surface area contributed by atoms with Crippen molar-refractivity contribution < 1.29 is 0 Å². The Labute approximate surface area is 84.3 Å². The first-order valence-electron chi connectivity index (χ1n) is 3.21. The number of benzene rings is 1. The summed E-state index contributed by atoms with van der Waals surface area (Å²) in [6.45, 7) is 4.00. The molecule has 0 atom stereocenters. The highest BCUT2D eigenvalue weighted by molar-refractivity contribution is 14.1. The van der Waals surface area contributed by atoms with Gasteiger partial charge in [-0.05, 0) is 50.7 Å². The van der Waals surface area contributed by atoms with E-state index in [4.69, 9.17) is 0 Å². The first-order valence-corrected chi connectivity index (χ1v) is 5.08. The minimum absolute atomic E-state index is 1.17. The van der Waals surface area contributed by atoms with E-state index in [0.717, 1.165) is 0 Å². The van der Waals surface area contributed by atoms with E-state index in [1.807, 2.05) is 32.0 Å². The average Bonchev–Trinajstić information content (AvgIpc) is 2.00. The Kier molecular flexibility index (Phi) is 6.43. The number of rotatable bonds is 0. The van der Waals surface area contributed by atoms with E-state index in [0.29, 0.717) is 0 Å². The standard InChI is InChI=1S/C6H4BrI.C2H6/c7-5-3-1-2-4-6(5)8;1-2/h1-4H;1-2H3. The molecule has 0 heterocycles. The fourth-order valence-electron chi connectivity index (χ4n) is 0.439. The van der Waals surface area contributed by atoms with Gasteiger partial charge in [0.25, 0.3) is 0 Å². The van der Waals surface area contributed by atoms with E-state index in [-0.39, 0.29) is 0 Å². The predicted molar refractivity (Wildman–Crippen MR) is 58.2 cm³/mol. The van der Waals surface area contributed by atoms with Crippen molar-refractivity contribution in [2.24, 2.45) is 0 Å². The van der Waals surface area contributed by atoms with Crippen LogP contribution in [-0.2, 0) is 0 Å². The number of hydrogen-bond acceptors (Lipinski definition) is 0. The van der Waals surface area contributed by atoms with Crippen LogP contribution < -0.4 is 0 Å². The van der Waals surface area contributed by atoms with Crippen LogP contribution in [0.4, 0.5) is 0 Å². The van der Waals surface area contributed by atoms with E-state index in [1.165, 1.54) is 8.04 Å². The van der Waals surface area contributed by atoms with Crippen LogP contribution in [-0.4, -0.2) is 0 Å². The third kappa shape index (κ3) is 3.56. The Morgan fingerprint density at radius 2 is 1.70 bits per heavy atom. The van der Waals surface area contributed by atoms with Gasteiger partial charge in [-0.15, -0.1) is 0 Å². The lowest BCUT2D eigenvalue weighted by atomic mass is 10.4. The first kappa shape index (κ1) is 10.4. The Balaban J connectivity index is 0.000000371. The van der Waals surface area contributed by atoms with Gasteiger partial charge in [0.15, 0.2) is 0 Å². The maximum atomic E-state index is 3.39. The van der Waals surface area contributed by atoms with E-state index in [2.05, 4.69) is 44.6 Å². The summed E-state index contributed by atoms with van der Waals surface area (Å²) >= 11 is 5.67. The average molecular weight is 313 g/mol. The quantitative estimate of drug-likeness (QED) is 0.633. The van der Waals surface area contributed by atoms with Crippen molar-refractivity contribution in [2.45, 2.75) is 13.8 Å². The molecule has 1 rings (SSSR count). The molecule has 0 radical (unpaired) electrons. The van der Waals surface area contributed by atoms with Gasteiger partial charge < -0.3 is 0 Å². The van der Waals surface area contributed by atoms with Gasteiger partial charge in [0.05, 0.1) is 0 Å². The first-order chi connectivity index (χ1) is 4.80. The number of hydrogen-bond donors (Lipinski definition) is 0. The molecule has 0 saturated heterocycles. The Morgan fingerprint density at radius 1 is 1.20 bits per heavy atom. The van der Waals surface area contributed by atoms with Crippen LogP contribution in [0.5, 0.6) is 0 Å². The van der Waals surface area contributed by atoms with E-state index in [9.17, 15) is 0 Å². The minimum atomic E-state index is 1.17. The van der Waals surface area contributed by atoms with Crippen molar-refractivity contribution >= 4 is 38.5 Å². The van der Waals surface area contributed by atoms with Crippen molar-refractivity contribution in [3.63, 3.8) is 0 Å². The fourth-order valence-corrected chi connectivity index (χ4v) is 1.11. The Morgan fingerprint density at radius 3 is 2.00 bits per heavy atom. The van der Waals surface area contributed by atoms with Crippen molar-refractivity contribution in [3.8, 4) is 0 Å². The van der Waals surface area contributed by atoms with Crippen LogP contribution >= 0.6 is 38.5 Å². The highest BCUT2D eigenvalue weighted by Crippen LogP contribution is 2.16. The SMILES string of the molecule is Brc1ccccc1I.CC. The second-order valence-corrected chi connectivity index (χ2v) is 3.43. The van der Waals surface area contributed by atoms with Gasteiger partial charge in [0, 0.05) is 8.04 Å². The molecule has 0 spiro atoms. The van der Waals surface area contributed by atoms with Crippen LogP contribution in [0.25, 0.3) is 0 Å². The molecule has 0 fully saturated rings. The summed E-state index contributed by atoms with van der Waals surface area (Å²) in [7, 11) is 0. The maximum absolute atomic E-state index is 3.39. The molecule has 0 N–H and O–H groups in total. The monoisotopic (exact) mass is 312 g/mol. The Bertz CT molecular complexity index is 165.